The molecule has 30 heavy (non-hydrogen) atoms. The number of hydrogen-bond acceptors (Lipinski definition) is 5. The Kier molecular flexibility index (Phi) is 7.81. The number of sulfonamides is 1. The summed E-state index contributed by atoms with van der Waals surface area (Å²) in [6.07, 6.45) is 8.90. The number of amides is 1. The van der Waals surface area contributed by atoms with Gasteiger partial charge in [-0.05, 0) is 82.1 Å². The van der Waals surface area contributed by atoms with Gasteiger partial charge in [0.1, 0.15) is 0 Å². The zero-order chi connectivity index (χ0) is 21.4. The summed E-state index contributed by atoms with van der Waals surface area (Å²) < 4.78 is 27.4. The molecule has 0 radical (unpaired) electrons. The summed E-state index contributed by atoms with van der Waals surface area (Å²) in [5, 5.41) is 2.92. The molecule has 1 aromatic carbocycles. The molecule has 2 heterocycles. The molecular weight excluding hydrogens is 400 g/mol. The van der Waals surface area contributed by atoms with Gasteiger partial charge in [0.2, 0.25) is 0 Å². The van der Waals surface area contributed by atoms with E-state index in [1.807, 2.05) is 0 Å². The van der Waals surface area contributed by atoms with Crippen LogP contribution in [0.2, 0.25) is 0 Å². The van der Waals surface area contributed by atoms with E-state index in [1.165, 1.54) is 62.5 Å². The first-order chi connectivity index (χ1) is 14.5. The van der Waals surface area contributed by atoms with Gasteiger partial charge < -0.3 is 10.2 Å². The first kappa shape index (κ1) is 22.2. The normalized spacial score (nSPS) is 17.4. The average Bonchev–Trinajstić information content (AvgIpc) is 2.75. The first-order valence-electron chi connectivity index (χ1n) is 10.5. The van der Waals surface area contributed by atoms with Crippen LogP contribution >= 0.6 is 0 Å². The van der Waals surface area contributed by atoms with Crippen molar-refractivity contribution < 1.29 is 13.2 Å². The molecule has 1 aliphatic heterocycles. The fraction of sp³-hybridized carbons (Fsp3) is 0.455. The molecule has 1 aromatic heterocycles. The Labute approximate surface area is 178 Å². The Hall–Kier alpha value is -2.45. The van der Waals surface area contributed by atoms with Crippen molar-refractivity contribution in [1.82, 2.24) is 15.2 Å². The number of likely N-dealkylation sites (tertiary alicyclic amines) is 1. The van der Waals surface area contributed by atoms with Gasteiger partial charge >= 0.3 is 0 Å². The molecule has 0 saturated carbocycles. The molecule has 1 unspecified atom stereocenters. The number of nitrogens with one attached hydrogen (secondary N) is 2. The van der Waals surface area contributed by atoms with E-state index < -0.39 is 10.0 Å². The maximum Gasteiger partial charge on any atom is 0.261 e. The van der Waals surface area contributed by atoms with E-state index in [2.05, 4.69) is 26.8 Å². The highest BCUT2D eigenvalue weighted by atomic mass is 32.2. The second kappa shape index (κ2) is 10.5. The van der Waals surface area contributed by atoms with E-state index in [-0.39, 0.29) is 10.8 Å². The van der Waals surface area contributed by atoms with Crippen LogP contribution in [-0.4, -0.2) is 49.9 Å². The molecule has 3 rings (SSSR count). The number of hydrogen-bond donors (Lipinski definition) is 2. The standard InChI is InChI=1S/C22H30N4O3S/c1-18-6-2-4-16-26(18)17-5-3-13-24-22(27)19-7-9-21(10-8-19)30(28,29)25-20-11-14-23-15-12-20/h7-12,14-15,18H,2-6,13,16-17H2,1H3,(H,23,25)(H,24,27). The number of carbonyl (C=O) groups excluding carboxylic acids is 1. The second-order valence-electron chi connectivity index (χ2n) is 7.71. The molecule has 1 saturated heterocycles. The highest BCUT2D eigenvalue weighted by Gasteiger charge is 2.17. The molecule has 0 spiro atoms. The largest absolute Gasteiger partial charge is 0.352 e. The third-order valence-electron chi connectivity index (χ3n) is 5.46. The zero-order valence-corrected chi connectivity index (χ0v) is 18.2. The zero-order valence-electron chi connectivity index (χ0n) is 17.4. The van der Waals surface area contributed by atoms with Crippen molar-refractivity contribution in [1.29, 1.82) is 0 Å². The second-order valence-corrected chi connectivity index (χ2v) is 9.39. The smallest absolute Gasteiger partial charge is 0.261 e. The first-order valence-corrected chi connectivity index (χ1v) is 12.0. The fourth-order valence-corrected chi connectivity index (χ4v) is 4.71. The van der Waals surface area contributed by atoms with Gasteiger partial charge in [-0.1, -0.05) is 6.42 Å². The number of benzene rings is 1. The summed E-state index contributed by atoms with van der Waals surface area (Å²) in [4.78, 5) is 18.8. The lowest BCUT2D eigenvalue weighted by atomic mass is 10.0. The van der Waals surface area contributed by atoms with Gasteiger partial charge in [0.05, 0.1) is 10.6 Å². The lowest BCUT2D eigenvalue weighted by Gasteiger charge is -2.33. The molecule has 1 amide bonds. The summed E-state index contributed by atoms with van der Waals surface area (Å²) in [7, 11) is -3.71. The van der Waals surface area contributed by atoms with Crippen molar-refractivity contribution in [3.05, 3.63) is 54.4 Å². The molecular formula is C22H30N4O3S. The van der Waals surface area contributed by atoms with Crippen LogP contribution in [0.25, 0.3) is 0 Å². The predicted molar refractivity (Wildman–Crippen MR) is 118 cm³/mol. The van der Waals surface area contributed by atoms with Crippen molar-refractivity contribution in [3.63, 3.8) is 0 Å². The van der Waals surface area contributed by atoms with Crippen LogP contribution in [-0.2, 0) is 10.0 Å². The van der Waals surface area contributed by atoms with Gasteiger partial charge in [0, 0.05) is 30.5 Å². The van der Waals surface area contributed by atoms with E-state index in [4.69, 9.17) is 0 Å². The number of aromatic nitrogens is 1. The third-order valence-corrected chi connectivity index (χ3v) is 6.85. The Morgan fingerprint density at radius 2 is 1.83 bits per heavy atom. The number of piperidine rings is 1. The minimum Gasteiger partial charge on any atom is -0.352 e. The molecule has 8 heteroatoms. The Balaban J connectivity index is 1.44. The maximum atomic E-state index is 12.4. The van der Waals surface area contributed by atoms with Crippen LogP contribution in [0, 0.1) is 0 Å². The third kappa shape index (κ3) is 6.27. The summed E-state index contributed by atoms with van der Waals surface area (Å²) in [5.41, 5.74) is 0.883. The summed E-state index contributed by atoms with van der Waals surface area (Å²) in [6, 6.07) is 9.76. The van der Waals surface area contributed by atoms with Crippen molar-refractivity contribution in [2.45, 2.75) is 50.0 Å². The van der Waals surface area contributed by atoms with Crippen LogP contribution < -0.4 is 10.0 Å². The SMILES string of the molecule is CC1CCCCN1CCCCNC(=O)c1ccc(S(=O)(=O)Nc2ccncc2)cc1. The van der Waals surface area contributed by atoms with Crippen molar-refractivity contribution in [2.24, 2.45) is 0 Å². The van der Waals surface area contributed by atoms with E-state index in [9.17, 15) is 13.2 Å². The van der Waals surface area contributed by atoms with E-state index in [1.54, 1.807) is 12.1 Å². The highest BCUT2D eigenvalue weighted by molar-refractivity contribution is 7.92. The monoisotopic (exact) mass is 430 g/mol. The van der Waals surface area contributed by atoms with Crippen LogP contribution in [0.15, 0.2) is 53.7 Å². The van der Waals surface area contributed by atoms with Gasteiger partial charge in [-0.2, -0.15) is 0 Å². The molecule has 1 aliphatic rings. The van der Waals surface area contributed by atoms with Gasteiger partial charge in [0.15, 0.2) is 0 Å². The summed E-state index contributed by atoms with van der Waals surface area (Å²) in [6.45, 7) is 5.16. The van der Waals surface area contributed by atoms with Crippen molar-refractivity contribution in [3.8, 4) is 0 Å². The molecule has 1 fully saturated rings. The molecule has 0 aliphatic carbocycles. The van der Waals surface area contributed by atoms with Crippen LogP contribution in [0.1, 0.15) is 49.4 Å². The van der Waals surface area contributed by atoms with Gasteiger partial charge in [-0.15, -0.1) is 0 Å². The Bertz CT molecular complexity index is 917. The lowest BCUT2D eigenvalue weighted by molar-refractivity contribution is 0.0951. The van der Waals surface area contributed by atoms with E-state index >= 15 is 0 Å². The number of anilines is 1. The Morgan fingerprint density at radius 3 is 2.53 bits per heavy atom. The minimum absolute atomic E-state index is 0.103. The van der Waals surface area contributed by atoms with E-state index in [0.29, 0.717) is 23.8 Å². The number of rotatable bonds is 9. The molecule has 162 valence electrons. The molecule has 2 N–H and O–H groups in total. The average molecular weight is 431 g/mol. The number of unbranched alkanes of at least 4 members (excludes halogenated alkanes) is 1. The lowest BCUT2D eigenvalue weighted by Crippen LogP contribution is -2.38. The number of nitrogens with zero attached hydrogens (tertiary/aromatic N) is 2. The van der Waals surface area contributed by atoms with Gasteiger partial charge in [0.25, 0.3) is 15.9 Å². The molecule has 7 nitrogen and oxygen atoms in total. The number of carbonyl (C=O) groups is 1. The van der Waals surface area contributed by atoms with Gasteiger partial charge in [-0.3, -0.25) is 14.5 Å². The van der Waals surface area contributed by atoms with Crippen molar-refractivity contribution in [2.75, 3.05) is 24.4 Å². The van der Waals surface area contributed by atoms with Gasteiger partial charge in [-0.25, -0.2) is 8.42 Å². The molecule has 0 bridgehead atoms. The quantitative estimate of drug-likeness (QED) is 0.596. The topological polar surface area (TPSA) is 91.4 Å². The highest BCUT2D eigenvalue weighted by Crippen LogP contribution is 2.17. The molecule has 2 aromatic rings. The Morgan fingerprint density at radius 1 is 1.10 bits per heavy atom. The number of pyridine rings is 1. The van der Waals surface area contributed by atoms with Crippen molar-refractivity contribution >= 4 is 21.6 Å². The summed E-state index contributed by atoms with van der Waals surface area (Å²) >= 11 is 0. The summed E-state index contributed by atoms with van der Waals surface area (Å²) in [5.74, 6) is -0.188. The maximum absolute atomic E-state index is 12.4. The molecule has 1 atom stereocenters. The minimum atomic E-state index is -3.71. The predicted octanol–water partition coefficient (Wildman–Crippen LogP) is 3.27. The van der Waals surface area contributed by atoms with Crippen LogP contribution in [0.3, 0.4) is 0 Å². The van der Waals surface area contributed by atoms with E-state index in [0.717, 1.165) is 19.4 Å². The van der Waals surface area contributed by atoms with Crippen LogP contribution in [0.4, 0.5) is 5.69 Å². The van der Waals surface area contributed by atoms with Crippen LogP contribution in [0.5, 0.6) is 0 Å². The fourth-order valence-electron chi connectivity index (χ4n) is 3.65.